The van der Waals surface area contributed by atoms with E-state index in [0.29, 0.717) is 0 Å². The molecule has 1 aromatic carbocycles. The maximum Gasteiger partial charge on any atom is 0.181 e. The first-order valence-corrected chi connectivity index (χ1v) is 5.58. The Morgan fingerprint density at radius 2 is 1.87 bits per heavy atom. The lowest BCUT2D eigenvalue weighted by atomic mass is 10.0. The van der Waals surface area contributed by atoms with Crippen LogP contribution in [0.4, 0.5) is 0 Å². The molecule has 0 amide bonds. The Kier molecular flexibility index (Phi) is 2.65. The molecule has 78 valence electrons. The summed E-state index contributed by atoms with van der Waals surface area (Å²) in [7, 11) is 0. The average molecular weight is 266 g/mol. The topological polar surface area (TPSA) is 26.0 Å². The molecule has 2 aromatic rings. The van der Waals surface area contributed by atoms with Gasteiger partial charge in [-0.05, 0) is 53.9 Å². The molecule has 0 aliphatic carbocycles. The summed E-state index contributed by atoms with van der Waals surface area (Å²) in [6, 6.07) is 6.25. The Hall–Kier alpha value is -1.09. The summed E-state index contributed by atoms with van der Waals surface area (Å²) in [6.07, 6.45) is 0. The summed E-state index contributed by atoms with van der Waals surface area (Å²) in [4.78, 5) is 0. The molecule has 3 heteroatoms. The van der Waals surface area contributed by atoms with Crippen molar-refractivity contribution in [1.82, 2.24) is 5.16 Å². The third-order valence-corrected chi connectivity index (χ3v) is 3.49. The highest BCUT2D eigenvalue weighted by atomic mass is 79.9. The average Bonchev–Trinajstić information content (AvgIpc) is 2.53. The standard InChI is InChI=1S/C12H12BrNO/c1-7-4-5-10(6-8(7)2)12-11(13)9(3)14-15-12/h4-6H,1-3H3. The predicted octanol–water partition coefficient (Wildman–Crippen LogP) is 4.03. The molecule has 2 nitrogen and oxygen atoms in total. The molecule has 1 heterocycles. The maximum atomic E-state index is 5.28. The van der Waals surface area contributed by atoms with Crippen molar-refractivity contribution in [2.24, 2.45) is 0 Å². The van der Waals surface area contributed by atoms with Crippen LogP contribution in [0.2, 0.25) is 0 Å². The third-order valence-electron chi connectivity index (χ3n) is 2.56. The predicted molar refractivity (Wildman–Crippen MR) is 63.9 cm³/mol. The summed E-state index contributed by atoms with van der Waals surface area (Å²) < 4.78 is 6.21. The molecule has 15 heavy (non-hydrogen) atoms. The van der Waals surface area contributed by atoms with E-state index in [1.165, 1.54) is 11.1 Å². The summed E-state index contributed by atoms with van der Waals surface area (Å²) in [5.74, 6) is 0.801. The molecule has 0 saturated carbocycles. The fourth-order valence-corrected chi connectivity index (χ4v) is 1.79. The van der Waals surface area contributed by atoms with Crippen molar-refractivity contribution >= 4 is 15.9 Å². The molecule has 0 spiro atoms. The molecule has 0 radical (unpaired) electrons. The monoisotopic (exact) mass is 265 g/mol. The van der Waals surface area contributed by atoms with Crippen molar-refractivity contribution in [3.63, 3.8) is 0 Å². The Labute approximate surface area is 97.4 Å². The molecule has 0 unspecified atom stereocenters. The Balaban J connectivity index is 2.55. The molecule has 1 aromatic heterocycles. The number of benzene rings is 1. The lowest BCUT2D eigenvalue weighted by Gasteiger charge is -2.02. The van der Waals surface area contributed by atoms with Gasteiger partial charge in [0.15, 0.2) is 5.76 Å². The minimum Gasteiger partial charge on any atom is -0.355 e. The number of aryl methyl sites for hydroxylation is 3. The van der Waals surface area contributed by atoms with Gasteiger partial charge in [-0.15, -0.1) is 0 Å². The SMILES string of the molecule is Cc1ccc(-c2onc(C)c2Br)cc1C. The smallest absolute Gasteiger partial charge is 0.181 e. The van der Waals surface area contributed by atoms with Crippen LogP contribution >= 0.6 is 15.9 Å². The Morgan fingerprint density at radius 1 is 1.13 bits per heavy atom. The summed E-state index contributed by atoms with van der Waals surface area (Å²) in [5.41, 5.74) is 4.48. The Morgan fingerprint density at radius 3 is 2.40 bits per heavy atom. The maximum absolute atomic E-state index is 5.28. The van der Waals surface area contributed by atoms with Gasteiger partial charge in [-0.25, -0.2) is 0 Å². The number of rotatable bonds is 1. The minimum atomic E-state index is 0.801. The second-order valence-corrected chi connectivity index (χ2v) is 4.50. The highest BCUT2D eigenvalue weighted by Gasteiger charge is 2.12. The van der Waals surface area contributed by atoms with E-state index in [0.717, 1.165) is 21.5 Å². The van der Waals surface area contributed by atoms with Gasteiger partial charge in [-0.2, -0.15) is 0 Å². The quantitative estimate of drug-likeness (QED) is 0.778. The van der Waals surface area contributed by atoms with E-state index >= 15 is 0 Å². The number of nitrogens with zero attached hydrogens (tertiary/aromatic N) is 1. The lowest BCUT2D eigenvalue weighted by molar-refractivity contribution is 0.427. The third kappa shape index (κ3) is 1.84. The van der Waals surface area contributed by atoms with E-state index in [1.54, 1.807) is 0 Å². The molecular formula is C12H12BrNO. The fourth-order valence-electron chi connectivity index (χ4n) is 1.42. The molecule has 0 aliphatic rings. The van der Waals surface area contributed by atoms with Gasteiger partial charge in [0.25, 0.3) is 0 Å². The van der Waals surface area contributed by atoms with E-state index in [-0.39, 0.29) is 0 Å². The van der Waals surface area contributed by atoms with Gasteiger partial charge in [0, 0.05) is 5.56 Å². The van der Waals surface area contributed by atoms with E-state index < -0.39 is 0 Å². The van der Waals surface area contributed by atoms with Crippen LogP contribution in [-0.2, 0) is 0 Å². The normalized spacial score (nSPS) is 10.7. The van der Waals surface area contributed by atoms with Gasteiger partial charge in [0.1, 0.15) is 0 Å². The van der Waals surface area contributed by atoms with Gasteiger partial charge in [0.05, 0.1) is 10.2 Å². The largest absolute Gasteiger partial charge is 0.355 e. The zero-order chi connectivity index (χ0) is 11.0. The van der Waals surface area contributed by atoms with Crippen molar-refractivity contribution in [2.45, 2.75) is 20.8 Å². The summed E-state index contributed by atoms with van der Waals surface area (Å²) >= 11 is 3.47. The van der Waals surface area contributed by atoms with Gasteiger partial charge in [-0.3, -0.25) is 0 Å². The number of halogens is 1. The number of hydrogen-bond donors (Lipinski definition) is 0. The first kappa shape index (κ1) is 10.4. The van der Waals surface area contributed by atoms with Gasteiger partial charge in [0.2, 0.25) is 0 Å². The van der Waals surface area contributed by atoms with E-state index in [2.05, 4.69) is 47.1 Å². The van der Waals surface area contributed by atoms with Crippen molar-refractivity contribution in [3.8, 4) is 11.3 Å². The van der Waals surface area contributed by atoms with Crippen LogP contribution in [0, 0.1) is 20.8 Å². The molecule has 0 bridgehead atoms. The highest BCUT2D eigenvalue weighted by Crippen LogP contribution is 2.31. The van der Waals surface area contributed by atoms with Crippen LogP contribution < -0.4 is 0 Å². The molecule has 0 atom stereocenters. The summed E-state index contributed by atoms with van der Waals surface area (Å²) in [6.45, 7) is 6.11. The van der Waals surface area contributed by atoms with Gasteiger partial charge in [-0.1, -0.05) is 17.3 Å². The van der Waals surface area contributed by atoms with Crippen molar-refractivity contribution < 1.29 is 4.52 Å². The second-order valence-electron chi connectivity index (χ2n) is 3.71. The molecular weight excluding hydrogens is 254 g/mol. The van der Waals surface area contributed by atoms with Crippen LogP contribution in [-0.4, -0.2) is 5.16 Å². The summed E-state index contributed by atoms with van der Waals surface area (Å²) in [5, 5.41) is 3.92. The van der Waals surface area contributed by atoms with Crippen molar-refractivity contribution in [3.05, 3.63) is 39.5 Å². The van der Waals surface area contributed by atoms with Gasteiger partial charge < -0.3 is 4.52 Å². The molecule has 0 saturated heterocycles. The van der Waals surface area contributed by atoms with Crippen LogP contribution in [0.15, 0.2) is 27.2 Å². The lowest BCUT2D eigenvalue weighted by Crippen LogP contribution is -1.82. The highest BCUT2D eigenvalue weighted by molar-refractivity contribution is 9.10. The molecule has 0 aliphatic heterocycles. The molecule has 2 rings (SSSR count). The van der Waals surface area contributed by atoms with Crippen molar-refractivity contribution in [2.75, 3.05) is 0 Å². The fraction of sp³-hybridized carbons (Fsp3) is 0.250. The van der Waals surface area contributed by atoms with E-state index in [1.807, 2.05) is 13.0 Å². The second kappa shape index (κ2) is 3.81. The minimum absolute atomic E-state index is 0.801. The number of hydrogen-bond acceptors (Lipinski definition) is 2. The van der Waals surface area contributed by atoms with Gasteiger partial charge >= 0.3 is 0 Å². The first-order chi connectivity index (χ1) is 7.09. The van der Waals surface area contributed by atoms with E-state index in [9.17, 15) is 0 Å². The number of aromatic nitrogens is 1. The van der Waals surface area contributed by atoms with E-state index in [4.69, 9.17) is 4.52 Å². The van der Waals surface area contributed by atoms with Crippen molar-refractivity contribution in [1.29, 1.82) is 0 Å². The first-order valence-electron chi connectivity index (χ1n) is 4.79. The van der Waals surface area contributed by atoms with Crippen LogP contribution in [0.1, 0.15) is 16.8 Å². The molecule has 0 N–H and O–H groups in total. The van der Waals surface area contributed by atoms with Crippen LogP contribution in [0.3, 0.4) is 0 Å². The van der Waals surface area contributed by atoms with Crippen LogP contribution in [0.5, 0.6) is 0 Å². The Bertz CT molecular complexity index is 502. The molecule has 0 fully saturated rings. The zero-order valence-electron chi connectivity index (χ0n) is 8.97. The van der Waals surface area contributed by atoms with Crippen LogP contribution in [0.25, 0.3) is 11.3 Å². The zero-order valence-corrected chi connectivity index (χ0v) is 10.6.